The molecule has 2 aromatic heterocycles. The topological polar surface area (TPSA) is 314 Å². The molecule has 26 heteroatoms. The summed E-state index contributed by atoms with van der Waals surface area (Å²) in [5.74, 6) is 0.169. The van der Waals surface area contributed by atoms with Crippen molar-refractivity contribution in [2.75, 3.05) is 65.7 Å². The maximum Gasteiger partial charge on any atom is 0.416 e. The molecule has 7 heterocycles. The Kier molecular flexibility index (Phi) is 28.6. The molecule has 26 nitrogen and oxygen atoms in total. The van der Waals surface area contributed by atoms with Gasteiger partial charge in [0.2, 0.25) is 11.8 Å². The van der Waals surface area contributed by atoms with Gasteiger partial charge in [0.1, 0.15) is 18.1 Å². The van der Waals surface area contributed by atoms with Crippen LogP contribution in [0.1, 0.15) is 147 Å². The number of amides is 7. The van der Waals surface area contributed by atoms with Crippen LogP contribution < -0.4 is 35.6 Å². The van der Waals surface area contributed by atoms with Crippen molar-refractivity contribution in [1.29, 1.82) is 0 Å². The predicted molar refractivity (Wildman–Crippen MR) is 417 cm³/mol. The van der Waals surface area contributed by atoms with E-state index in [0.29, 0.717) is 119 Å². The van der Waals surface area contributed by atoms with E-state index in [9.17, 15) is 33.6 Å². The smallest absolute Gasteiger partial charge is 0.416 e. The number of aryl methyl sites for hydroxylation is 6. The second-order valence-corrected chi connectivity index (χ2v) is 27.6. The molecular formula is C85H92N10O16. The molecule has 7 amide bonds. The molecule has 4 N–H and O–H groups in total. The summed E-state index contributed by atoms with van der Waals surface area (Å²) in [6.45, 7) is 14.0. The zero-order valence-electron chi connectivity index (χ0n) is 63.2. The van der Waals surface area contributed by atoms with Crippen LogP contribution in [0.25, 0.3) is 22.3 Å². The molecule has 5 aliphatic heterocycles. The molecule has 111 heavy (non-hydrogen) atoms. The lowest BCUT2D eigenvalue weighted by molar-refractivity contribution is -0.198. The summed E-state index contributed by atoms with van der Waals surface area (Å²) < 4.78 is 34.5. The number of nitrogens with one attached hydrogen (secondary N) is 4. The van der Waals surface area contributed by atoms with Crippen molar-refractivity contribution in [1.82, 2.24) is 18.9 Å². The van der Waals surface area contributed by atoms with Gasteiger partial charge in [0.25, 0.3) is 23.6 Å². The van der Waals surface area contributed by atoms with Crippen LogP contribution in [-0.4, -0.2) is 143 Å². The molecule has 2 unspecified atom stereocenters. The Morgan fingerprint density at radius 2 is 1.03 bits per heavy atom. The van der Waals surface area contributed by atoms with Crippen LogP contribution in [0.3, 0.4) is 0 Å². The number of carbonyl (C=O) groups excluding carboxylic acids is 11. The fraction of sp³-hybridized carbons (Fsp3) is 0.341. The molecule has 3 saturated heterocycles. The standard InChI is InChI=1S/C46H53N5O8.C37H39N5O4.2CO2/c1-5-23-58-46(55)51-39-28-40(30(2)26-37(39)44(54)50-22-8-6-11-38(50)45(51)59-42-13-7-9-24-57-42)56-25-10-12-41(52)47-35-20-16-33(17-21-35)43(53)48-36-18-14-32(15-19-36)34-27-31(3)49(4)29-34;1-24-19-32-33(38-22-31-7-4-5-17-42(31)37(32)45)21-34(24)46-18-6-8-35(43)39-29-15-11-27(12-16-29)36(44)40-30-13-9-26(10-14-30)28-20-25(2)41(3)23-28;2*2-1-3/h5,14-21,26-29,38,42,45H,1,6-13,22-25H2,2-4H3,(H,47,52)(H,48,53);9-16,19-23,31H,4-8,17-18H2,1-3H3,(H,39,43)(H,40,44);;/t38-,42?,45?;31-;;/m00../s1. The van der Waals surface area contributed by atoms with E-state index >= 15 is 0 Å². The molecule has 0 radical (unpaired) electrons. The van der Waals surface area contributed by atoms with Crippen LogP contribution in [-0.2, 0) is 57.1 Å². The van der Waals surface area contributed by atoms with E-state index in [1.807, 2.05) is 105 Å². The summed E-state index contributed by atoms with van der Waals surface area (Å²) in [5, 5.41) is 11.6. The molecule has 4 atom stereocenters. The number of rotatable bonds is 22. The van der Waals surface area contributed by atoms with Gasteiger partial charge in [-0.15, -0.1) is 0 Å². The summed E-state index contributed by atoms with van der Waals surface area (Å²) >= 11 is 0. The van der Waals surface area contributed by atoms with Crippen LogP contribution in [0.2, 0.25) is 0 Å². The van der Waals surface area contributed by atoms with Gasteiger partial charge in [-0.25, -0.2) is 9.69 Å². The first-order chi connectivity index (χ1) is 53.7. The first-order valence-electron chi connectivity index (χ1n) is 37.1. The minimum Gasteiger partial charge on any atom is -0.493 e. The van der Waals surface area contributed by atoms with Gasteiger partial charge in [0, 0.05) is 123 Å². The number of carbonyl (C=O) groups is 7. The van der Waals surface area contributed by atoms with Crippen molar-refractivity contribution in [3.05, 3.63) is 203 Å². The summed E-state index contributed by atoms with van der Waals surface area (Å²) in [6.07, 6.45) is 15.4. The number of nitrogens with zero attached hydrogens (tertiary/aromatic N) is 6. The molecule has 0 aliphatic carbocycles. The number of benzene rings is 6. The van der Waals surface area contributed by atoms with E-state index in [1.165, 1.54) is 22.4 Å². The number of ether oxygens (including phenoxy) is 5. The molecule has 6 aromatic carbocycles. The van der Waals surface area contributed by atoms with E-state index in [-0.39, 0.29) is 79.8 Å². The lowest BCUT2D eigenvalue weighted by Gasteiger charge is -2.42. The van der Waals surface area contributed by atoms with E-state index in [0.717, 1.165) is 79.3 Å². The number of hydrogen-bond donors (Lipinski definition) is 4. The van der Waals surface area contributed by atoms with Gasteiger partial charge in [-0.2, -0.15) is 19.2 Å². The molecule has 3 fully saturated rings. The highest BCUT2D eigenvalue weighted by Gasteiger charge is 2.47. The zero-order valence-corrected chi connectivity index (χ0v) is 63.2. The molecule has 13 rings (SSSR count). The van der Waals surface area contributed by atoms with E-state index in [1.54, 1.807) is 60.7 Å². The first-order valence-corrected chi connectivity index (χ1v) is 37.1. The largest absolute Gasteiger partial charge is 0.493 e. The van der Waals surface area contributed by atoms with Crippen molar-refractivity contribution in [3.8, 4) is 33.8 Å². The highest BCUT2D eigenvalue weighted by Crippen LogP contribution is 2.41. The number of fused-ring (bicyclic) bond motifs is 4. The fourth-order valence-corrected chi connectivity index (χ4v) is 13.7. The van der Waals surface area contributed by atoms with Crippen LogP contribution in [0.15, 0.2) is 164 Å². The molecular weight excluding hydrogens is 1420 g/mol. The maximum atomic E-state index is 14.2. The van der Waals surface area contributed by atoms with Crippen LogP contribution in [0.4, 0.5) is 38.9 Å². The maximum absolute atomic E-state index is 14.2. The summed E-state index contributed by atoms with van der Waals surface area (Å²) in [7, 11) is 4.03. The molecule has 8 aromatic rings. The van der Waals surface area contributed by atoms with Crippen LogP contribution in [0, 0.1) is 27.7 Å². The Bertz CT molecular complexity index is 4690. The highest BCUT2D eigenvalue weighted by atomic mass is 16.7. The fourth-order valence-electron chi connectivity index (χ4n) is 13.7. The lowest BCUT2D eigenvalue weighted by atomic mass is 10.00. The van der Waals surface area contributed by atoms with Crippen molar-refractivity contribution in [2.24, 2.45) is 19.1 Å². The summed E-state index contributed by atoms with van der Waals surface area (Å²) in [6, 6.07) is 40.1. The second kappa shape index (κ2) is 39.2. The number of piperidine rings is 2. The number of aliphatic imine (C=N–C) groups is 1. The van der Waals surface area contributed by atoms with Crippen molar-refractivity contribution < 1.29 is 76.4 Å². The van der Waals surface area contributed by atoms with Gasteiger partial charge in [0.05, 0.1) is 47.8 Å². The van der Waals surface area contributed by atoms with E-state index < -0.39 is 24.7 Å². The van der Waals surface area contributed by atoms with Crippen molar-refractivity contribution >= 4 is 94.2 Å². The number of hydrogen-bond acceptors (Lipinski definition) is 17. The molecule has 0 bridgehead atoms. The first kappa shape index (κ1) is 81.2. The third kappa shape index (κ3) is 21.3. The third-order valence-corrected chi connectivity index (χ3v) is 19.8. The average molecular weight is 1510 g/mol. The second-order valence-electron chi connectivity index (χ2n) is 27.6. The highest BCUT2D eigenvalue weighted by molar-refractivity contribution is 6.07. The average Bonchev–Trinajstić information content (AvgIpc) is 1.60. The Balaban J connectivity index is 0.000000226. The number of anilines is 5. The molecule has 0 spiro atoms. The Labute approximate surface area is 644 Å². The van der Waals surface area contributed by atoms with Crippen molar-refractivity contribution in [3.63, 3.8) is 0 Å². The van der Waals surface area contributed by atoms with Gasteiger partial charge in [-0.05, 0) is 229 Å². The van der Waals surface area contributed by atoms with Crippen LogP contribution in [0.5, 0.6) is 11.5 Å². The number of aromatic nitrogens is 2. The van der Waals surface area contributed by atoms with Crippen LogP contribution >= 0.6 is 0 Å². The summed E-state index contributed by atoms with van der Waals surface area (Å²) in [5.41, 5.74) is 13.8. The molecule has 0 saturated carbocycles. The monoisotopic (exact) mass is 1510 g/mol. The van der Waals surface area contributed by atoms with Gasteiger partial charge < -0.3 is 63.9 Å². The quantitative estimate of drug-likeness (QED) is 0.0362. The zero-order chi connectivity index (χ0) is 79.1. The minimum absolute atomic E-state index is 0.0129. The van der Waals surface area contributed by atoms with E-state index in [2.05, 4.69) is 80.3 Å². The molecule has 578 valence electrons. The SMILES string of the molecule is C=CCOC(=O)N1c2cc(OCCCC(=O)Nc3ccc(C(=O)Nc4ccc(-c5cc(C)n(C)c5)cc4)cc3)c(C)cc2C(=O)N2CCCC[C@H]2C1OC1CCCCO1.Cc1cc2c(cc1OCCCC(=O)Nc1ccc(C(=O)Nc3ccc(-c4cc(C)n(C)c4)cc3)cc1)N=C[C@@H]1CCCCN1C2=O.O=C=O.O=C=O. The Morgan fingerprint density at radius 3 is 1.52 bits per heavy atom. The predicted octanol–water partition coefficient (Wildman–Crippen LogP) is 14.3. The Hall–Kier alpha value is -12.3. The summed E-state index contributed by atoms with van der Waals surface area (Å²) in [4.78, 5) is 135. The minimum atomic E-state index is -0.842. The van der Waals surface area contributed by atoms with Gasteiger partial charge in [0.15, 0.2) is 12.5 Å². The normalized spacial score (nSPS) is 16.6. The van der Waals surface area contributed by atoms with Gasteiger partial charge >= 0.3 is 18.4 Å². The lowest BCUT2D eigenvalue weighted by Crippen LogP contribution is -2.57. The van der Waals surface area contributed by atoms with Crippen molar-refractivity contribution in [2.45, 2.75) is 136 Å². The van der Waals surface area contributed by atoms with Gasteiger partial charge in [-0.3, -0.25) is 33.8 Å². The van der Waals surface area contributed by atoms with Gasteiger partial charge in [-0.1, -0.05) is 36.9 Å². The third-order valence-electron chi connectivity index (χ3n) is 19.8. The molecule has 5 aliphatic rings. The van der Waals surface area contributed by atoms with E-state index in [4.69, 9.17) is 42.9 Å². The Morgan fingerprint density at radius 1 is 0.559 bits per heavy atom.